The average Bonchev–Trinajstić information content (AvgIpc) is 2.57. The van der Waals surface area contributed by atoms with Crippen LogP contribution in [0.2, 0.25) is 0 Å². The molecule has 0 saturated carbocycles. The lowest BCUT2D eigenvalue weighted by Gasteiger charge is -1.99. The molecule has 2 rings (SSSR count). The summed E-state index contributed by atoms with van der Waals surface area (Å²) < 4.78 is 0. The maximum atomic E-state index is 4.46. The van der Waals surface area contributed by atoms with Crippen LogP contribution in [-0.4, -0.2) is 15.7 Å². The van der Waals surface area contributed by atoms with E-state index in [9.17, 15) is 0 Å². The minimum atomic E-state index is 0.452. The van der Waals surface area contributed by atoms with Crippen molar-refractivity contribution >= 4 is 22.8 Å². The van der Waals surface area contributed by atoms with Crippen molar-refractivity contribution in [1.29, 1.82) is 0 Å². The van der Waals surface area contributed by atoms with Crippen LogP contribution in [0.1, 0.15) is 6.92 Å². The van der Waals surface area contributed by atoms with Gasteiger partial charge in [-0.1, -0.05) is 30.8 Å². The standard InChI is InChI=1S/C11H13N2S/c1-8(2)7-14-11-12-9-5-3-4-6-10(9)13-11/h3-6,8H,1,7H2,2H3,(H,12,13). The fraction of sp³-hybridized carbons (Fsp3) is 0.273. The highest BCUT2D eigenvalue weighted by atomic mass is 32.2. The van der Waals surface area contributed by atoms with Crippen molar-refractivity contribution in [3.8, 4) is 0 Å². The number of imidazole rings is 1. The first-order chi connectivity index (χ1) is 6.75. The number of benzene rings is 1. The third kappa shape index (κ3) is 2.10. The monoisotopic (exact) mass is 205 g/mol. The highest BCUT2D eigenvalue weighted by Crippen LogP contribution is 2.20. The highest BCUT2D eigenvalue weighted by Gasteiger charge is 2.03. The summed E-state index contributed by atoms with van der Waals surface area (Å²) in [6, 6.07) is 8.07. The van der Waals surface area contributed by atoms with E-state index in [1.54, 1.807) is 11.8 Å². The maximum Gasteiger partial charge on any atom is 0.166 e. The van der Waals surface area contributed by atoms with Gasteiger partial charge in [0.15, 0.2) is 5.16 Å². The van der Waals surface area contributed by atoms with Crippen LogP contribution in [0.15, 0.2) is 29.4 Å². The Labute approximate surface area is 88.1 Å². The van der Waals surface area contributed by atoms with Crippen molar-refractivity contribution in [1.82, 2.24) is 9.97 Å². The first kappa shape index (κ1) is 9.59. The van der Waals surface area contributed by atoms with Gasteiger partial charge >= 0.3 is 0 Å². The summed E-state index contributed by atoms with van der Waals surface area (Å²) in [4.78, 5) is 7.74. The SMILES string of the molecule is [CH2]C(C)CSc1nc2ccccc2[nH]1. The quantitative estimate of drug-likeness (QED) is 0.780. The third-order valence-corrected chi connectivity index (χ3v) is 3.07. The number of thioether (sulfide) groups is 1. The van der Waals surface area contributed by atoms with E-state index >= 15 is 0 Å². The van der Waals surface area contributed by atoms with E-state index in [1.807, 2.05) is 24.3 Å². The van der Waals surface area contributed by atoms with Gasteiger partial charge in [-0.3, -0.25) is 0 Å². The Hall–Kier alpha value is -0.960. The van der Waals surface area contributed by atoms with Crippen molar-refractivity contribution in [2.45, 2.75) is 12.1 Å². The van der Waals surface area contributed by atoms with Crippen LogP contribution in [0, 0.1) is 12.8 Å². The molecule has 0 spiro atoms. The Morgan fingerprint density at radius 3 is 3.00 bits per heavy atom. The molecule has 0 amide bonds. The number of para-hydroxylation sites is 2. The van der Waals surface area contributed by atoms with E-state index in [0.29, 0.717) is 5.92 Å². The van der Waals surface area contributed by atoms with Crippen LogP contribution in [0.5, 0.6) is 0 Å². The second-order valence-corrected chi connectivity index (χ2v) is 4.48. The van der Waals surface area contributed by atoms with E-state index in [2.05, 4.69) is 23.8 Å². The lowest BCUT2D eigenvalue weighted by molar-refractivity contribution is 0.839. The zero-order valence-corrected chi connectivity index (χ0v) is 8.97. The fourth-order valence-corrected chi connectivity index (χ4v) is 2.01. The van der Waals surface area contributed by atoms with Crippen molar-refractivity contribution < 1.29 is 0 Å². The molecule has 1 radical (unpaired) electrons. The van der Waals surface area contributed by atoms with Crippen LogP contribution in [-0.2, 0) is 0 Å². The number of rotatable bonds is 3. The molecule has 0 aliphatic heterocycles. The molecule has 0 bridgehead atoms. The van der Waals surface area contributed by atoms with Gasteiger partial charge in [-0.05, 0) is 25.0 Å². The Balaban J connectivity index is 2.19. The number of hydrogen-bond acceptors (Lipinski definition) is 2. The zero-order chi connectivity index (χ0) is 9.97. The first-order valence-corrected chi connectivity index (χ1v) is 5.65. The number of nitrogens with zero attached hydrogens (tertiary/aromatic N) is 1. The van der Waals surface area contributed by atoms with E-state index in [4.69, 9.17) is 0 Å². The van der Waals surface area contributed by atoms with Gasteiger partial charge in [0.05, 0.1) is 11.0 Å². The molecule has 2 aromatic rings. The van der Waals surface area contributed by atoms with E-state index in [0.717, 1.165) is 21.9 Å². The predicted octanol–water partition coefficient (Wildman–Crippen LogP) is 3.13. The number of aromatic amines is 1. The van der Waals surface area contributed by atoms with Crippen LogP contribution < -0.4 is 0 Å². The Bertz CT molecular complexity index is 387. The molecule has 14 heavy (non-hydrogen) atoms. The molecule has 1 aromatic carbocycles. The Kier molecular flexibility index (Phi) is 2.77. The molecule has 1 atom stereocenters. The minimum Gasteiger partial charge on any atom is -0.333 e. The van der Waals surface area contributed by atoms with Gasteiger partial charge in [0.1, 0.15) is 0 Å². The molecular weight excluding hydrogens is 192 g/mol. The molecule has 1 N–H and O–H groups in total. The number of H-pyrrole nitrogens is 1. The Morgan fingerprint density at radius 2 is 2.29 bits per heavy atom. The van der Waals surface area contributed by atoms with E-state index in [1.165, 1.54) is 0 Å². The average molecular weight is 205 g/mol. The molecule has 0 saturated heterocycles. The highest BCUT2D eigenvalue weighted by molar-refractivity contribution is 7.99. The summed E-state index contributed by atoms with van der Waals surface area (Å²) in [5.74, 6) is 1.45. The normalized spacial score (nSPS) is 11.4. The molecule has 1 heterocycles. The summed E-state index contributed by atoms with van der Waals surface area (Å²) >= 11 is 1.73. The summed E-state index contributed by atoms with van der Waals surface area (Å²) in [6.07, 6.45) is 0. The topological polar surface area (TPSA) is 28.7 Å². The maximum absolute atomic E-state index is 4.46. The van der Waals surface area contributed by atoms with Crippen molar-refractivity contribution in [2.24, 2.45) is 5.92 Å². The van der Waals surface area contributed by atoms with Crippen LogP contribution in [0.25, 0.3) is 11.0 Å². The summed E-state index contributed by atoms with van der Waals surface area (Å²) in [7, 11) is 0. The van der Waals surface area contributed by atoms with Gasteiger partial charge in [-0.25, -0.2) is 4.98 Å². The molecular formula is C11H13N2S. The second-order valence-electron chi connectivity index (χ2n) is 3.48. The van der Waals surface area contributed by atoms with Gasteiger partial charge in [0.25, 0.3) is 0 Å². The van der Waals surface area contributed by atoms with Crippen LogP contribution in [0.4, 0.5) is 0 Å². The molecule has 2 nitrogen and oxygen atoms in total. The number of aromatic nitrogens is 2. The first-order valence-electron chi connectivity index (χ1n) is 4.66. The van der Waals surface area contributed by atoms with Gasteiger partial charge in [-0.15, -0.1) is 0 Å². The molecule has 1 unspecified atom stereocenters. The van der Waals surface area contributed by atoms with Gasteiger partial charge in [0, 0.05) is 5.75 Å². The molecule has 1 aromatic heterocycles. The van der Waals surface area contributed by atoms with Gasteiger partial charge in [0.2, 0.25) is 0 Å². The van der Waals surface area contributed by atoms with Crippen molar-refractivity contribution in [2.75, 3.05) is 5.75 Å². The largest absolute Gasteiger partial charge is 0.333 e. The molecule has 0 aliphatic rings. The van der Waals surface area contributed by atoms with Crippen LogP contribution in [0.3, 0.4) is 0 Å². The molecule has 0 aliphatic carbocycles. The van der Waals surface area contributed by atoms with Gasteiger partial charge in [-0.2, -0.15) is 0 Å². The summed E-state index contributed by atoms with van der Waals surface area (Å²) in [6.45, 7) is 6.05. The fourth-order valence-electron chi connectivity index (χ4n) is 1.22. The molecule has 73 valence electrons. The Morgan fingerprint density at radius 1 is 1.50 bits per heavy atom. The zero-order valence-electron chi connectivity index (χ0n) is 8.16. The van der Waals surface area contributed by atoms with Crippen molar-refractivity contribution in [3.05, 3.63) is 31.2 Å². The lowest BCUT2D eigenvalue weighted by atomic mass is 10.3. The van der Waals surface area contributed by atoms with E-state index < -0.39 is 0 Å². The number of nitrogens with one attached hydrogen (secondary N) is 1. The molecule has 0 fully saturated rings. The third-order valence-electron chi connectivity index (χ3n) is 1.87. The van der Waals surface area contributed by atoms with E-state index in [-0.39, 0.29) is 0 Å². The number of fused-ring (bicyclic) bond motifs is 1. The summed E-state index contributed by atoms with van der Waals surface area (Å²) in [5, 5.41) is 0.988. The number of hydrogen-bond donors (Lipinski definition) is 1. The van der Waals surface area contributed by atoms with Gasteiger partial charge < -0.3 is 4.98 Å². The minimum absolute atomic E-state index is 0.452. The van der Waals surface area contributed by atoms with Crippen molar-refractivity contribution in [3.63, 3.8) is 0 Å². The molecule has 3 heteroatoms. The summed E-state index contributed by atoms with van der Waals surface area (Å²) in [5.41, 5.74) is 2.14. The smallest absolute Gasteiger partial charge is 0.166 e. The lowest BCUT2D eigenvalue weighted by Crippen LogP contribution is -1.91. The predicted molar refractivity (Wildman–Crippen MR) is 61.3 cm³/mol. The second kappa shape index (κ2) is 4.05. The van der Waals surface area contributed by atoms with Crippen LogP contribution >= 0.6 is 11.8 Å².